The molecule has 3 nitrogen and oxygen atoms in total. The standard InChI is InChI=1S/C20H24F3N3/c1-2-3-7-14-8-6-9-15(12-14)17-13-24-19(20(21,22)23)26-18(17)25-16-10-4-5-11-16/h6,8-9,12-13,16H,2-5,7,10-11H2,1H3,(H,24,25,26). The van der Waals surface area contributed by atoms with Crippen molar-refractivity contribution in [3.05, 3.63) is 41.9 Å². The summed E-state index contributed by atoms with van der Waals surface area (Å²) in [6, 6.07) is 8.10. The van der Waals surface area contributed by atoms with Crippen molar-refractivity contribution in [2.75, 3.05) is 5.32 Å². The number of benzene rings is 1. The van der Waals surface area contributed by atoms with E-state index in [4.69, 9.17) is 0 Å². The number of aryl methyl sites for hydroxylation is 1. The molecule has 1 heterocycles. The lowest BCUT2D eigenvalue weighted by molar-refractivity contribution is -0.144. The summed E-state index contributed by atoms with van der Waals surface area (Å²) in [5.41, 5.74) is 2.66. The molecule has 0 aliphatic heterocycles. The predicted molar refractivity (Wildman–Crippen MR) is 97.0 cm³/mol. The summed E-state index contributed by atoms with van der Waals surface area (Å²) in [6.45, 7) is 2.14. The van der Waals surface area contributed by atoms with E-state index in [0.29, 0.717) is 5.56 Å². The SMILES string of the molecule is CCCCc1cccc(-c2cnc(C(F)(F)F)nc2NC2CCCC2)c1. The summed E-state index contributed by atoms with van der Waals surface area (Å²) in [6.07, 6.45) is 4.00. The Kier molecular flexibility index (Phi) is 5.79. The molecule has 0 unspecified atom stereocenters. The normalized spacial score (nSPS) is 15.4. The van der Waals surface area contributed by atoms with Crippen molar-refractivity contribution in [1.29, 1.82) is 0 Å². The Morgan fingerprint density at radius 1 is 1.19 bits per heavy atom. The van der Waals surface area contributed by atoms with Gasteiger partial charge in [0.1, 0.15) is 5.82 Å². The Bertz CT molecular complexity index is 737. The molecule has 1 aliphatic rings. The number of nitrogens with zero attached hydrogens (tertiary/aromatic N) is 2. The third kappa shape index (κ3) is 4.54. The summed E-state index contributed by atoms with van der Waals surface area (Å²) >= 11 is 0. The maximum atomic E-state index is 13.1. The van der Waals surface area contributed by atoms with Crippen LogP contribution < -0.4 is 5.32 Å². The third-order valence-electron chi connectivity index (χ3n) is 4.80. The van der Waals surface area contributed by atoms with Crippen LogP contribution in [0.5, 0.6) is 0 Å². The molecular weight excluding hydrogens is 339 g/mol. The summed E-state index contributed by atoms with van der Waals surface area (Å²) in [7, 11) is 0. The van der Waals surface area contributed by atoms with Gasteiger partial charge in [-0.3, -0.25) is 0 Å². The zero-order chi connectivity index (χ0) is 18.6. The molecular formula is C20H24F3N3. The lowest BCUT2D eigenvalue weighted by Gasteiger charge is -2.18. The van der Waals surface area contributed by atoms with E-state index in [2.05, 4.69) is 22.2 Å². The second kappa shape index (κ2) is 8.06. The predicted octanol–water partition coefficient (Wildman–Crippen LogP) is 5.86. The Morgan fingerprint density at radius 3 is 2.65 bits per heavy atom. The van der Waals surface area contributed by atoms with E-state index >= 15 is 0 Å². The number of rotatable bonds is 6. The van der Waals surface area contributed by atoms with Crippen LogP contribution in [0.3, 0.4) is 0 Å². The zero-order valence-electron chi connectivity index (χ0n) is 14.9. The minimum atomic E-state index is -4.55. The summed E-state index contributed by atoms with van der Waals surface area (Å²) < 4.78 is 39.2. The lowest BCUT2D eigenvalue weighted by Crippen LogP contribution is -2.19. The van der Waals surface area contributed by atoms with E-state index < -0.39 is 12.0 Å². The van der Waals surface area contributed by atoms with E-state index in [0.717, 1.165) is 50.5 Å². The molecule has 6 heteroatoms. The number of hydrogen-bond donors (Lipinski definition) is 1. The van der Waals surface area contributed by atoms with Gasteiger partial charge in [-0.25, -0.2) is 9.97 Å². The largest absolute Gasteiger partial charge is 0.451 e. The first-order valence-corrected chi connectivity index (χ1v) is 9.27. The van der Waals surface area contributed by atoms with Gasteiger partial charge in [-0.05, 0) is 36.8 Å². The molecule has 140 valence electrons. The fourth-order valence-corrected chi connectivity index (χ4v) is 3.38. The number of anilines is 1. The second-order valence-corrected chi connectivity index (χ2v) is 6.88. The fraction of sp³-hybridized carbons (Fsp3) is 0.500. The van der Waals surface area contributed by atoms with E-state index in [1.807, 2.05) is 24.3 Å². The van der Waals surface area contributed by atoms with E-state index in [9.17, 15) is 13.2 Å². The first-order valence-electron chi connectivity index (χ1n) is 9.27. The van der Waals surface area contributed by atoms with Crippen molar-refractivity contribution in [2.45, 2.75) is 64.1 Å². The van der Waals surface area contributed by atoms with Crippen molar-refractivity contribution >= 4 is 5.82 Å². The van der Waals surface area contributed by atoms with Gasteiger partial charge in [0.05, 0.1) is 0 Å². The van der Waals surface area contributed by atoms with Gasteiger partial charge in [-0.2, -0.15) is 13.2 Å². The third-order valence-corrected chi connectivity index (χ3v) is 4.80. The number of unbranched alkanes of at least 4 members (excludes halogenated alkanes) is 1. The van der Waals surface area contributed by atoms with Gasteiger partial charge in [-0.15, -0.1) is 0 Å². The zero-order valence-corrected chi connectivity index (χ0v) is 14.9. The van der Waals surface area contributed by atoms with Crippen LogP contribution in [0, 0.1) is 0 Å². The highest BCUT2D eigenvalue weighted by molar-refractivity contribution is 5.75. The molecule has 1 aromatic heterocycles. The van der Waals surface area contributed by atoms with Crippen molar-refractivity contribution in [1.82, 2.24) is 9.97 Å². The molecule has 1 fully saturated rings. The van der Waals surface area contributed by atoms with Gasteiger partial charge in [-0.1, -0.05) is 50.5 Å². The number of aromatic nitrogens is 2. The van der Waals surface area contributed by atoms with Gasteiger partial charge in [0.15, 0.2) is 0 Å². The molecule has 1 saturated carbocycles. The van der Waals surface area contributed by atoms with Crippen molar-refractivity contribution in [2.24, 2.45) is 0 Å². The lowest BCUT2D eigenvalue weighted by atomic mass is 10.0. The van der Waals surface area contributed by atoms with Crippen LogP contribution in [0.4, 0.5) is 19.0 Å². The van der Waals surface area contributed by atoms with Gasteiger partial charge in [0.2, 0.25) is 5.82 Å². The topological polar surface area (TPSA) is 37.8 Å². The van der Waals surface area contributed by atoms with Gasteiger partial charge in [0.25, 0.3) is 0 Å². The maximum absolute atomic E-state index is 13.1. The summed E-state index contributed by atoms with van der Waals surface area (Å²) in [4.78, 5) is 7.41. The van der Waals surface area contributed by atoms with Crippen LogP contribution in [-0.2, 0) is 12.6 Å². The smallest absolute Gasteiger partial charge is 0.367 e. The Hall–Kier alpha value is -2.11. The van der Waals surface area contributed by atoms with E-state index in [1.165, 1.54) is 11.8 Å². The molecule has 0 radical (unpaired) electrons. The van der Waals surface area contributed by atoms with Gasteiger partial charge >= 0.3 is 6.18 Å². The van der Waals surface area contributed by atoms with Crippen molar-refractivity contribution < 1.29 is 13.2 Å². The van der Waals surface area contributed by atoms with Crippen molar-refractivity contribution in [3.63, 3.8) is 0 Å². The maximum Gasteiger partial charge on any atom is 0.451 e. The Balaban J connectivity index is 1.96. The van der Waals surface area contributed by atoms with E-state index in [-0.39, 0.29) is 11.9 Å². The molecule has 0 saturated heterocycles. The minimum absolute atomic E-state index is 0.174. The number of halogens is 3. The van der Waals surface area contributed by atoms with Crippen LogP contribution in [0.25, 0.3) is 11.1 Å². The molecule has 2 aromatic rings. The number of alkyl halides is 3. The number of hydrogen-bond acceptors (Lipinski definition) is 3. The molecule has 3 rings (SSSR count). The highest BCUT2D eigenvalue weighted by Gasteiger charge is 2.35. The number of nitrogens with one attached hydrogen (secondary N) is 1. The van der Waals surface area contributed by atoms with Crippen molar-refractivity contribution in [3.8, 4) is 11.1 Å². The van der Waals surface area contributed by atoms with Crippen LogP contribution in [0.2, 0.25) is 0 Å². The monoisotopic (exact) mass is 363 g/mol. The van der Waals surface area contributed by atoms with Gasteiger partial charge in [0, 0.05) is 17.8 Å². The second-order valence-electron chi connectivity index (χ2n) is 6.88. The van der Waals surface area contributed by atoms with E-state index in [1.54, 1.807) is 0 Å². The first-order chi connectivity index (χ1) is 12.5. The average Bonchev–Trinajstić information content (AvgIpc) is 3.12. The molecule has 0 amide bonds. The molecule has 1 aromatic carbocycles. The van der Waals surface area contributed by atoms with Crippen LogP contribution in [-0.4, -0.2) is 16.0 Å². The van der Waals surface area contributed by atoms with Crippen LogP contribution in [0.15, 0.2) is 30.5 Å². The average molecular weight is 363 g/mol. The molecule has 0 bridgehead atoms. The Labute approximate surface area is 152 Å². The quantitative estimate of drug-likeness (QED) is 0.698. The van der Waals surface area contributed by atoms with Gasteiger partial charge < -0.3 is 5.32 Å². The fourth-order valence-electron chi connectivity index (χ4n) is 3.38. The first kappa shape index (κ1) is 18.7. The summed E-state index contributed by atoms with van der Waals surface area (Å²) in [5, 5.41) is 3.23. The highest BCUT2D eigenvalue weighted by atomic mass is 19.4. The molecule has 0 spiro atoms. The molecule has 26 heavy (non-hydrogen) atoms. The van der Waals surface area contributed by atoms with Crippen LogP contribution >= 0.6 is 0 Å². The Morgan fingerprint density at radius 2 is 1.96 bits per heavy atom. The molecule has 1 aliphatic carbocycles. The molecule has 0 atom stereocenters. The molecule has 1 N–H and O–H groups in total. The van der Waals surface area contributed by atoms with Crippen LogP contribution in [0.1, 0.15) is 56.8 Å². The minimum Gasteiger partial charge on any atom is -0.367 e. The highest BCUT2D eigenvalue weighted by Crippen LogP contribution is 2.33. The summed E-state index contributed by atoms with van der Waals surface area (Å²) in [5.74, 6) is -0.809.